The minimum Gasteiger partial charge on any atom is -0.305 e. The van der Waals surface area contributed by atoms with Crippen LogP contribution in [0, 0.1) is 10.1 Å². The topological polar surface area (TPSA) is 55.2 Å². The molecule has 1 aromatic carbocycles. The molecule has 0 aliphatic rings. The number of nitrogens with one attached hydrogen (secondary N) is 1. The van der Waals surface area contributed by atoms with E-state index in [1.54, 1.807) is 6.07 Å². The maximum absolute atomic E-state index is 10.6. The number of benzene rings is 1. The highest BCUT2D eigenvalue weighted by molar-refractivity contribution is 7.15. The van der Waals surface area contributed by atoms with Gasteiger partial charge in [-0.15, -0.1) is 0 Å². The molecule has 0 amide bonds. The van der Waals surface area contributed by atoms with Crippen LogP contribution in [0.4, 0.5) is 5.00 Å². The Morgan fingerprint density at radius 1 is 1.42 bits per heavy atom. The number of thiophene rings is 1. The summed E-state index contributed by atoms with van der Waals surface area (Å²) in [6.07, 6.45) is 0. The lowest BCUT2D eigenvalue weighted by molar-refractivity contribution is -0.380. The number of rotatable bonds is 5. The lowest BCUT2D eigenvalue weighted by atomic mass is 10.1. The van der Waals surface area contributed by atoms with Gasteiger partial charge in [0.25, 0.3) is 0 Å². The highest BCUT2D eigenvalue weighted by atomic mass is 35.5. The highest BCUT2D eigenvalue weighted by Gasteiger charge is 2.11. The zero-order chi connectivity index (χ0) is 13.8. The molecule has 4 nitrogen and oxygen atoms in total. The molecule has 0 fully saturated rings. The molecule has 0 aliphatic heterocycles. The van der Waals surface area contributed by atoms with Gasteiger partial charge < -0.3 is 5.32 Å². The second-order valence-corrected chi connectivity index (χ2v) is 5.74. The Bertz CT molecular complexity index is 586. The molecule has 1 aromatic heterocycles. The quantitative estimate of drug-likeness (QED) is 0.666. The third-order valence-electron chi connectivity index (χ3n) is 2.76. The summed E-state index contributed by atoms with van der Waals surface area (Å²) in [5.74, 6) is 0. The minimum absolute atomic E-state index is 0.139. The molecule has 2 aromatic rings. The second-order valence-electron chi connectivity index (χ2n) is 4.15. The van der Waals surface area contributed by atoms with Crippen LogP contribution < -0.4 is 5.32 Å². The maximum Gasteiger partial charge on any atom is 0.324 e. The minimum atomic E-state index is -0.367. The Kier molecular flexibility index (Phi) is 4.52. The molecular formula is C13H13ClN2O2S. The van der Waals surface area contributed by atoms with E-state index in [1.807, 2.05) is 31.2 Å². The predicted molar refractivity (Wildman–Crippen MR) is 77.7 cm³/mol. The smallest absolute Gasteiger partial charge is 0.305 e. The van der Waals surface area contributed by atoms with Crippen LogP contribution in [-0.2, 0) is 6.54 Å². The molecule has 100 valence electrons. The van der Waals surface area contributed by atoms with Gasteiger partial charge in [-0.05, 0) is 30.7 Å². The van der Waals surface area contributed by atoms with Gasteiger partial charge in [0.1, 0.15) is 0 Å². The number of hydrogen-bond acceptors (Lipinski definition) is 4. The maximum atomic E-state index is 10.6. The number of halogens is 1. The van der Waals surface area contributed by atoms with E-state index in [-0.39, 0.29) is 16.0 Å². The van der Waals surface area contributed by atoms with E-state index in [4.69, 9.17) is 11.6 Å². The first-order valence-electron chi connectivity index (χ1n) is 5.78. The SMILES string of the molecule is CC(NCc1ccc([N+](=O)[O-])s1)c1cccc(Cl)c1. The molecule has 0 radical (unpaired) electrons. The summed E-state index contributed by atoms with van der Waals surface area (Å²) in [7, 11) is 0. The van der Waals surface area contributed by atoms with Crippen LogP contribution in [0.3, 0.4) is 0 Å². The predicted octanol–water partition coefficient (Wildman–Crippen LogP) is 4.16. The van der Waals surface area contributed by atoms with Crippen molar-refractivity contribution in [3.05, 3.63) is 62.0 Å². The Morgan fingerprint density at radius 3 is 2.84 bits per heavy atom. The summed E-state index contributed by atoms with van der Waals surface area (Å²) in [4.78, 5) is 11.2. The Morgan fingerprint density at radius 2 is 2.21 bits per heavy atom. The van der Waals surface area contributed by atoms with E-state index >= 15 is 0 Å². The fourth-order valence-electron chi connectivity index (χ4n) is 1.71. The van der Waals surface area contributed by atoms with Gasteiger partial charge in [-0.1, -0.05) is 35.1 Å². The van der Waals surface area contributed by atoms with E-state index in [0.717, 1.165) is 10.4 Å². The van der Waals surface area contributed by atoms with Gasteiger partial charge in [0.15, 0.2) is 0 Å². The summed E-state index contributed by atoms with van der Waals surface area (Å²) in [5.41, 5.74) is 1.10. The second kappa shape index (κ2) is 6.14. The van der Waals surface area contributed by atoms with Gasteiger partial charge >= 0.3 is 5.00 Å². The molecule has 0 saturated heterocycles. The largest absolute Gasteiger partial charge is 0.324 e. The van der Waals surface area contributed by atoms with Crippen molar-refractivity contribution in [2.24, 2.45) is 0 Å². The Hall–Kier alpha value is -1.43. The standard InChI is InChI=1S/C13H13ClN2O2S/c1-9(10-3-2-4-11(14)7-10)15-8-12-5-6-13(19-12)16(17)18/h2-7,9,15H,8H2,1H3. The zero-order valence-electron chi connectivity index (χ0n) is 10.3. The molecular weight excluding hydrogens is 284 g/mol. The van der Waals surface area contributed by atoms with Gasteiger partial charge in [-0.3, -0.25) is 10.1 Å². The van der Waals surface area contributed by atoms with E-state index < -0.39 is 0 Å². The number of hydrogen-bond donors (Lipinski definition) is 1. The summed E-state index contributed by atoms with van der Waals surface area (Å²) >= 11 is 7.14. The first-order chi connectivity index (χ1) is 9.06. The van der Waals surface area contributed by atoms with Crippen LogP contribution in [0.1, 0.15) is 23.4 Å². The fraction of sp³-hybridized carbons (Fsp3) is 0.231. The van der Waals surface area contributed by atoms with Crippen LogP contribution in [0.5, 0.6) is 0 Å². The van der Waals surface area contributed by atoms with Crippen molar-refractivity contribution in [2.45, 2.75) is 19.5 Å². The first-order valence-corrected chi connectivity index (χ1v) is 6.97. The average molecular weight is 297 g/mol. The van der Waals surface area contributed by atoms with E-state index in [0.29, 0.717) is 11.6 Å². The first kappa shape index (κ1) is 14.0. The average Bonchev–Trinajstić information content (AvgIpc) is 2.85. The lowest BCUT2D eigenvalue weighted by Crippen LogP contribution is -2.17. The van der Waals surface area contributed by atoms with Crippen LogP contribution in [0.15, 0.2) is 36.4 Å². The third kappa shape index (κ3) is 3.76. The molecule has 1 N–H and O–H groups in total. The molecule has 2 rings (SSSR count). The van der Waals surface area contributed by atoms with Crippen LogP contribution in [-0.4, -0.2) is 4.92 Å². The molecule has 6 heteroatoms. The molecule has 1 unspecified atom stereocenters. The summed E-state index contributed by atoms with van der Waals surface area (Å²) < 4.78 is 0. The lowest BCUT2D eigenvalue weighted by Gasteiger charge is -2.13. The normalized spacial score (nSPS) is 12.3. The van der Waals surface area contributed by atoms with E-state index in [9.17, 15) is 10.1 Å². The van der Waals surface area contributed by atoms with Crippen LogP contribution >= 0.6 is 22.9 Å². The Balaban J connectivity index is 1.96. The van der Waals surface area contributed by atoms with Gasteiger partial charge in [-0.2, -0.15) is 0 Å². The fourth-order valence-corrected chi connectivity index (χ4v) is 2.68. The van der Waals surface area contributed by atoms with Crippen molar-refractivity contribution in [1.82, 2.24) is 5.32 Å². The molecule has 1 heterocycles. The van der Waals surface area contributed by atoms with Crippen molar-refractivity contribution >= 4 is 27.9 Å². The monoisotopic (exact) mass is 296 g/mol. The molecule has 0 spiro atoms. The van der Waals surface area contributed by atoms with Crippen molar-refractivity contribution in [1.29, 1.82) is 0 Å². The van der Waals surface area contributed by atoms with Gasteiger partial charge in [0.2, 0.25) is 0 Å². The number of nitro groups is 1. The molecule has 19 heavy (non-hydrogen) atoms. The van der Waals surface area contributed by atoms with Gasteiger partial charge in [0, 0.05) is 28.6 Å². The summed E-state index contributed by atoms with van der Waals surface area (Å²) in [6.45, 7) is 2.64. The third-order valence-corrected chi connectivity index (χ3v) is 4.03. The zero-order valence-corrected chi connectivity index (χ0v) is 11.9. The molecule has 0 saturated carbocycles. The van der Waals surface area contributed by atoms with Crippen molar-refractivity contribution < 1.29 is 4.92 Å². The molecule has 0 bridgehead atoms. The van der Waals surface area contributed by atoms with Gasteiger partial charge in [0.05, 0.1) is 4.92 Å². The van der Waals surface area contributed by atoms with Crippen molar-refractivity contribution in [2.75, 3.05) is 0 Å². The van der Waals surface area contributed by atoms with Gasteiger partial charge in [-0.25, -0.2) is 0 Å². The summed E-state index contributed by atoms with van der Waals surface area (Å²) in [6, 6.07) is 11.1. The van der Waals surface area contributed by atoms with Crippen molar-refractivity contribution in [3.8, 4) is 0 Å². The highest BCUT2D eigenvalue weighted by Crippen LogP contribution is 2.24. The van der Waals surface area contributed by atoms with E-state index in [2.05, 4.69) is 5.32 Å². The van der Waals surface area contributed by atoms with Crippen molar-refractivity contribution in [3.63, 3.8) is 0 Å². The molecule has 0 aliphatic carbocycles. The Labute approximate surface area is 120 Å². The summed E-state index contributed by atoms with van der Waals surface area (Å²) in [5, 5.41) is 14.8. The van der Waals surface area contributed by atoms with Crippen LogP contribution in [0.25, 0.3) is 0 Å². The van der Waals surface area contributed by atoms with Crippen LogP contribution in [0.2, 0.25) is 5.02 Å². The van der Waals surface area contributed by atoms with E-state index in [1.165, 1.54) is 17.4 Å². The molecule has 1 atom stereocenters. The number of nitrogens with zero attached hydrogens (tertiary/aromatic N) is 1.